The SMILES string of the molecule is CCCc1cc(CCC)c(CCC(=O)O)c(CCC)c1. The van der Waals surface area contributed by atoms with Crippen LogP contribution in [0.15, 0.2) is 12.1 Å². The molecule has 0 aliphatic carbocycles. The van der Waals surface area contributed by atoms with E-state index in [-0.39, 0.29) is 6.42 Å². The van der Waals surface area contributed by atoms with Gasteiger partial charge in [0.1, 0.15) is 0 Å². The van der Waals surface area contributed by atoms with E-state index in [1.165, 1.54) is 22.3 Å². The van der Waals surface area contributed by atoms with Crippen LogP contribution in [0.4, 0.5) is 0 Å². The molecule has 2 nitrogen and oxygen atoms in total. The topological polar surface area (TPSA) is 37.3 Å². The van der Waals surface area contributed by atoms with E-state index in [2.05, 4.69) is 32.9 Å². The van der Waals surface area contributed by atoms with E-state index >= 15 is 0 Å². The molecule has 0 spiro atoms. The summed E-state index contributed by atoms with van der Waals surface area (Å²) in [6, 6.07) is 4.62. The molecule has 0 saturated heterocycles. The van der Waals surface area contributed by atoms with Gasteiger partial charge in [0, 0.05) is 6.42 Å². The number of rotatable bonds is 9. The van der Waals surface area contributed by atoms with Crippen LogP contribution in [0.25, 0.3) is 0 Å². The van der Waals surface area contributed by atoms with E-state index in [1.54, 1.807) is 0 Å². The molecule has 1 N–H and O–H groups in total. The zero-order chi connectivity index (χ0) is 15.0. The predicted molar refractivity (Wildman–Crippen MR) is 84.4 cm³/mol. The first-order chi connectivity index (χ1) is 9.62. The van der Waals surface area contributed by atoms with Gasteiger partial charge in [-0.15, -0.1) is 0 Å². The van der Waals surface area contributed by atoms with Crippen molar-refractivity contribution in [2.75, 3.05) is 0 Å². The van der Waals surface area contributed by atoms with E-state index in [0.29, 0.717) is 6.42 Å². The van der Waals surface area contributed by atoms with Crippen molar-refractivity contribution in [2.24, 2.45) is 0 Å². The van der Waals surface area contributed by atoms with Gasteiger partial charge in [-0.3, -0.25) is 4.79 Å². The van der Waals surface area contributed by atoms with Crippen molar-refractivity contribution in [2.45, 2.75) is 72.1 Å². The Hall–Kier alpha value is -1.31. The predicted octanol–water partition coefficient (Wildman–Crippen LogP) is 4.56. The highest BCUT2D eigenvalue weighted by atomic mass is 16.4. The standard InChI is InChI=1S/C18H28O2/c1-4-7-14-12-15(8-5-2)17(10-11-18(19)20)16(13-14)9-6-3/h12-13H,4-11H2,1-3H3,(H,19,20). The molecule has 20 heavy (non-hydrogen) atoms. The van der Waals surface area contributed by atoms with Crippen LogP contribution in [-0.2, 0) is 30.5 Å². The molecule has 0 unspecified atom stereocenters. The van der Waals surface area contributed by atoms with Crippen LogP contribution in [0, 0.1) is 0 Å². The van der Waals surface area contributed by atoms with Crippen LogP contribution in [0.1, 0.15) is 68.7 Å². The third-order valence-electron chi connectivity index (χ3n) is 3.66. The monoisotopic (exact) mass is 276 g/mol. The summed E-state index contributed by atoms with van der Waals surface area (Å²) in [5.74, 6) is -0.701. The Bertz CT molecular complexity index is 408. The van der Waals surface area contributed by atoms with Gasteiger partial charge in [0.15, 0.2) is 0 Å². The molecule has 1 aromatic rings. The summed E-state index contributed by atoms with van der Waals surface area (Å²) in [5, 5.41) is 8.96. The summed E-state index contributed by atoms with van der Waals surface area (Å²) < 4.78 is 0. The normalized spacial score (nSPS) is 10.8. The number of carbonyl (C=O) groups is 1. The van der Waals surface area contributed by atoms with Crippen molar-refractivity contribution in [1.82, 2.24) is 0 Å². The number of carboxylic acids is 1. The molecule has 0 fully saturated rings. The van der Waals surface area contributed by atoms with Gasteiger partial charge in [0.25, 0.3) is 0 Å². The second-order valence-electron chi connectivity index (χ2n) is 5.54. The van der Waals surface area contributed by atoms with Gasteiger partial charge in [-0.1, -0.05) is 52.2 Å². The lowest BCUT2D eigenvalue weighted by molar-refractivity contribution is -0.136. The first-order valence-corrected chi connectivity index (χ1v) is 7.97. The number of hydrogen-bond donors (Lipinski definition) is 1. The van der Waals surface area contributed by atoms with Crippen molar-refractivity contribution >= 4 is 5.97 Å². The smallest absolute Gasteiger partial charge is 0.303 e. The minimum Gasteiger partial charge on any atom is -0.481 e. The molecule has 0 atom stereocenters. The molecule has 0 aliphatic rings. The van der Waals surface area contributed by atoms with E-state index in [1.807, 2.05) is 0 Å². The summed E-state index contributed by atoms with van der Waals surface area (Å²) in [4.78, 5) is 10.9. The number of benzene rings is 1. The lowest BCUT2D eigenvalue weighted by atomic mass is 9.89. The van der Waals surface area contributed by atoms with Crippen LogP contribution in [0.2, 0.25) is 0 Å². The fourth-order valence-corrected chi connectivity index (χ4v) is 2.84. The lowest BCUT2D eigenvalue weighted by Crippen LogP contribution is -2.06. The number of hydrogen-bond acceptors (Lipinski definition) is 1. The van der Waals surface area contributed by atoms with E-state index in [9.17, 15) is 4.79 Å². The Labute approximate surface area is 123 Å². The van der Waals surface area contributed by atoms with Crippen LogP contribution < -0.4 is 0 Å². The summed E-state index contributed by atoms with van der Waals surface area (Å²) in [5.41, 5.74) is 5.47. The van der Waals surface area contributed by atoms with Crippen molar-refractivity contribution < 1.29 is 9.90 Å². The molecule has 0 bridgehead atoms. The van der Waals surface area contributed by atoms with Gasteiger partial charge in [-0.2, -0.15) is 0 Å². The molecular weight excluding hydrogens is 248 g/mol. The minimum atomic E-state index is -0.701. The average molecular weight is 276 g/mol. The highest BCUT2D eigenvalue weighted by Crippen LogP contribution is 2.23. The third-order valence-corrected chi connectivity index (χ3v) is 3.66. The van der Waals surface area contributed by atoms with Crippen LogP contribution in [0.5, 0.6) is 0 Å². The molecule has 0 radical (unpaired) electrons. The second kappa shape index (κ2) is 8.78. The number of carboxylic acid groups (broad SMARTS) is 1. The molecule has 2 heteroatoms. The summed E-state index contributed by atoms with van der Waals surface area (Å²) in [6.45, 7) is 6.58. The second-order valence-corrected chi connectivity index (χ2v) is 5.54. The van der Waals surface area contributed by atoms with Crippen molar-refractivity contribution in [3.63, 3.8) is 0 Å². The molecule has 0 amide bonds. The zero-order valence-corrected chi connectivity index (χ0v) is 13.2. The van der Waals surface area contributed by atoms with Gasteiger partial charge in [-0.05, 0) is 47.9 Å². The van der Waals surface area contributed by atoms with Crippen LogP contribution in [0.3, 0.4) is 0 Å². The Morgan fingerprint density at radius 2 is 1.40 bits per heavy atom. The Morgan fingerprint density at radius 1 is 0.900 bits per heavy atom. The van der Waals surface area contributed by atoms with Gasteiger partial charge < -0.3 is 5.11 Å². The quantitative estimate of drug-likeness (QED) is 0.718. The van der Waals surface area contributed by atoms with Crippen LogP contribution >= 0.6 is 0 Å². The van der Waals surface area contributed by atoms with Gasteiger partial charge in [0.05, 0.1) is 0 Å². The zero-order valence-electron chi connectivity index (χ0n) is 13.2. The largest absolute Gasteiger partial charge is 0.481 e. The van der Waals surface area contributed by atoms with E-state index < -0.39 is 5.97 Å². The minimum absolute atomic E-state index is 0.237. The van der Waals surface area contributed by atoms with Crippen molar-refractivity contribution in [3.8, 4) is 0 Å². The molecule has 0 heterocycles. The van der Waals surface area contributed by atoms with E-state index in [4.69, 9.17) is 5.11 Å². The van der Waals surface area contributed by atoms with Crippen molar-refractivity contribution in [1.29, 1.82) is 0 Å². The molecule has 112 valence electrons. The maximum absolute atomic E-state index is 10.9. The van der Waals surface area contributed by atoms with Gasteiger partial charge >= 0.3 is 5.97 Å². The first-order valence-electron chi connectivity index (χ1n) is 7.97. The van der Waals surface area contributed by atoms with Crippen LogP contribution in [-0.4, -0.2) is 11.1 Å². The molecular formula is C18H28O2. The third kappa shape index (κ3) is 4.99. The molecule has 1 aromatic carbocycles. The number of aryl methyl sites for hydroxylation is 3. The Morgan fingerprint density at radius 3 is 1.80 bits per heavy atom. The highest BCUT2D eigenvalue weighted by Gasteiger charge is 2.11. The maximum atomic E-state index is 10.9. The van der Waals surface area contributed by atoms with E-state index in [0.717, 1.165) is 38.5 Å². The highest BCUT2D eigenvalue weighted by molar-refractivity contribution is 5.67. The van der Waals surface area contributed by atoms with Crippen molar-refractivity contribution in [3.05, 3.63) is 34.4 Å². The Balaban J connectivity index is 3.14. The fraction of sp³-hybridized carbons (Fsp3) is 0.611. The van der Waals surface area contributed by atoms with Gasteiger partial charge in [-0.25, -0.2) is 0 Å². The molecule has 0 saturated carbocycles. The molecule has 0 aromatic heterocycles. The number of aliphatic carboxylic acids is 1. The lowest BCUT2D eigenvalue weighted by Gasteiger charge is -2.16. The summed E-state index contributed by atoms with van der Waals surface area (Å²) in [6.07, 6.45) is 7.53. The Kier molecular flexibility index (Phi) is 7.35. The summed E-state index contributed by atoms with van der Waals surface area (Å²) in [7, 11) is 0. The summed E-state index contributed by atoms with van der Waals surface area (Å²) >= 11 is 0. The average Bonchev–Trinajstić information content (AvgIpc) is 2.38. The molecule has 0 aliphatic heterocycles. The van der Waals surface area contributed by atoms with Gasteiger partial charge in [0.2, 0.25) is 0 Å². The maximum Gasteiger partial charge on any atom is 0.303 e. The fourth-order valence-electron chi connectivity index (χ4n) is 2.84. The first kappa shape index (κ1) is 16.7. The molecule has 1 rings (SSSR count).